The number of carbonyl (C=O) groups excluding carboxylic acids is 1. The molecule has 1 saturated heterocycles. The fraction of sp³-hybridized carbons (Fsp3) is 0.227. The summed E-state index contributed by atoms with van der Waals surface area (Å²) in [6, 6.07) is 19.4. The van der Waals surface area contributed by atoms with E-state index in [0.717, 1.165) is 28.3 Å². The number of benzene rings is 2. The van der Waals surface area contributed by atoms with E-state index in [1.54, 1.807) is 0 Å². The van der Waals surface area contributed by atoms with Crippen molar-refractivity contribution >= 4 is 29.1 Å². The van der Waals surface area contributed by atoms with Crippen LogP contribution in [-0.4, -0.2) is 47.3 Å². The molecule has 0 radical (unpaired) electrons. The van der Waals surface area contributed by atoms with E-state index in [-0.39, 0.29) is 6.03 Å². The Morgan fingerprint density at radius 2 is 1.69 bits per heavy atom. The number of nitrogens with zero attached hydrogens (tertiary/aromatic N) is 4. The number of halogens is 1. The highest BCUT2D eigenvalue weighted by molar-refractivity contribution is 6.31. The minimum atomic E-state index is -0.111. The molecule has 1 aromatic heterocycles. The molecular weight excluding hydrogens is 386 g/mol. The summed E-state index contributed by atoms with van der Waals surface area (Å²) < 4.78 is 0. The summed E-state index contributed by atoms with van der Waals surface area (Å²) in [5.74, 6) is 0.829. The molecule has 0 unspecified atom stereocenters. The Balaban J connectivity index is 1.35. The SMILES string of the molecule is Cc1c(Cl)cccc1NC(=O)N1CCN(c2ccc(-c3ccccc3)nn2)CC1. The molecule has 2 amide bonds. The van der Waals surface area contributed by atoms with Crippen LogP contribution in [0.15, 0.2) is 60.7 Å². The molecule has 1 aliphatic heterocycles. The summed E-state index contributed by atoms with van der Waals surface area (Å²) in [6.45, 7) is 4.55. The minimum absolute atomic E-state index is 0.111. The Bertz CT molecular complexity index is 986. The van der Waals surface area contributed by atoms with Gasteiger partial charge in [-0.2, -0.15) is 0 Å². The Kier molecular flexibility index (Phi) is 5.62. The second-order valence-corrected chi connectivity index (χ2v) is 7.37. The van der Waals surface area contributed by atoms with Gasteiger partial charge in [0, 0.05) is 42.5 Å². The topological polar surface area (TPSA) is 61.4 Å². The van der Waals surface area contributed by atoms with Crippen molar-refractivity contribution in [3.63, 3.8) is 0 Å². The average molecular weight is 408 g/mol. The van der Waals surface area contributed by atoms with Crippen molar-refractivity contribution in [2.75, 3.05) is 36.4 Å². The van der Waals surface area contributed by atoms with E-state index >= 15 is 0 Å². The Hall–Kier alpha value is -3.12. The zero-order valence-electron chi connectivity index (χ0n) is 16.2. The maximum Gasteiger partial charge on any atom is 0.321 e. The number of nitrogens with one attached hydrogen (secondary N) is 1. The number of rotatable bonds is 3. The molecule has 1 aliphatic rings. The van der Waals surface area contributed by atoms with Gasteiger partial charge >= 0.3 is 6.03 Å². The lowest BCUT2D eigenvalue weighted by atomic mass is 10.1. The number of amides is 2. The largest absolute Gasteiger partial charge is 0.352 e. The van der Waals surface area contributed by atoms with Crippen molar-refractivity contribution in [1.82, 2.24) is 15.1 Å². The molecule has 0 atom stereocenters. The number of aromatic nitrogens is 2. The van der Waals surface area contributed by atoms with Gasteiger partial charge in [-0.3, -0.25) is 0 Å². The predicted molar refractivity (Wildman–Crippen MR) is 116 cm³/mol. The smallest absolute Gasteiger partial charge is 0.321 e. The molecular formula is C22H22ClN5O. The predicted octanol–water partition coefficient (Wildman–Crippen LogP) is 4.46. The van der Waals surface area contributed by atoms with E-state index in [1.165, 1.54) is 0 Å². The number of piperazine rings is 1. The van der Waals surface area contributed by atoms with Crippen LogP contribution in [0.5, 0.6) is 0 Å². The summed E-state index contributed by atoms with van der Waals surface area (Å²) in [4.78, 5) is 16.6. The fourth-order valence-corrected chi connectivity index (χ4v) is 3.51. The van der Waals surface area contributed by atoms with Crippen LogP contribution in [0.2, 0.25) is 5.02 Å². The Labute approximate surface area is 175 Å². The standard InChI is InChI=1S/C22H22ClN5O/c1-16-18(23)8-5-9-19(16)24-22(29)28-14-12-27(13-15-28)21-11-10-20(25-26-21)17-6-3-2-4-7-17/h2-11H,12-15H2,1H3,(H,24,29). The second-order valence-electron chi connectivity index (χ2n) is 6.96. The zero-order valence-corrected chi connectivity index (χ0v) is 16.9. The van der Waals surface area contributed by atoms with Gasteiger partial charge in [0.1, 0.15) is 0 Å². The zero-order chi connectivity index (χ0) is 20.2. The summed E-state index contributed by atoms with van der Waals surface area (Å²) >= 11 is 6.14. The molecule has 1 N–H and O–H groups in total. The summed E-state index contributed by atoms with van der Waals surface area (Å²) in [7, 11) is 0. The van der Waals surface area contributed by atoms with E-state index in [2.05, 4.69) is 20.4 Å². The van der Waals surface area contributed by atoms with Gasteiger partial charge in [-0.05, 0) is 36.8 Å². The molecule has 0 saturated carbocycles. The van der Waals surface area contributed by atoms with E-state index in [9.17, 15) is 4.79 Å². The summed E-state index contributed by atoms with van der Waals surface area (Å²) in [5.41, 5.74) is 3.51. The Morgan fingerprint density at radius 1 is 0.931 bits per heavy atom. The third-order valence-electron chi connectivity index (χ3n) is 5.12. The minimum Gasteiger partial charge on any atom is -0.352 e. The van der Waals surface area contributed by atoms with E-state index in [1.807, 2.05) is 72.5 Å². The van der Waals surface area contributed by atoms with Crippen molar-refractivity contribution in [1.29, 1.82) is 0 Å². The molecule has 148 valence electrons. The van der Waals surface area contributed by atoms with Gasteiger partial charge in [-0.1, -0.05) is 48.0 Å². The van der Waals surface area contributed by atoms with Crippen LogP contribution in [0.25, 0.3) is 11.3 Å². The number of hydrogen-bond donors (Lipinski definition) is 1. The maximum absolute atomic E-state index is 12.6. The number of urea groups is 1. The third kappa shape index (κ3) is 4.32. The van der Waals surface area contributed by atoms with Gasteiger partial charge < -0.3 is 15.1 Å². The van der Waals surface area contributed by atoms with Crippen LogP contribution in [0.3, 0.4) is 0 Å². The molecule has 4 rings (SSSR count). The van der Waals surface area contributed by atoms with Crippen molar-refractivity contribution in [3.8, 4) is 11.3 Å². The first-order valence-corrected chi connectivity index (χ1v) is 9.95. The van der Waals surface area contributed by atoms with E-state index in [4.69, 9.17) is 11.6 Å². The molecule has 7 heteroatoms. The van der Waals surface area contributed by atoms with Crippen LogP contribution in [0, 0.1) is 6.92 Å². The molecule has 0 bridgehead atoms. The van der Waals surface area contributed by atoms with Gasteiger partial charge in [0.25, 0.3) is 0 Å². The van der Waals surface area contributed by atoms with Crippen molar-refractivity contribution < 1.29 is 4.79 Å². The van der Waals surface area contributed by atoms with Crippen LogP contribution < -0.4 is 10.2 Å². The summed E-state index contributed by atoms with van der Waals surface area (Å²) in [6.07, 6.45) is 0. The molecule has 29 heavy (non-hydrogen) atoms. The molecule has 0 spiro atoms. The molecule has 1 fully saturated rings. The number of carbonyl (C=O) groups is 1. The normalized spacial score (nSPS) is 14.0. The molecule has 0 aliphatic carbocycles. The van der Waals surface area contributed by atoms with Gasteiger partial charge in [0.15, 0.2) is 5.82 Å². The molecule has 2 heterocycles. The quantitative estimate of drug-likeness (QED) is 0.696. The first-order valence-electron chi connectivity index (χ1n) is 9.57. The van der Waals surface area contributed by atoms with Crippen LogP contribution >= 0.6 is 11.6 Å². The molecule has 3 aromatic rings. The van der Waals surface area contributed by atoms with Crippen molar-refractivity contribution in [3.05, 3.63) is 71.2 Å². The lowest BCUT2D eigenvalue weighted by Gasteiger charge is -2.35. The highest BCUT2D eigenvalue weighted by Gasteiger charge is 2.22. The number of anilines is 2. The van der Waals surface area contributed by atoms with Crippen molar-refractivity contribution in [2.24, 2.45) is 0 Å². The van der Waals surface area contributed by atoms with Crippen LogP contribution in [0.1, 0.15) is 5.56 Å². The maximum atomic E-state index is 12.6. The highest BCUT2D eigenvalue weighted by Crippen LogP contribution is 2.24. The van der Waals surface area contributed by atoms with Crippen molar-refractivity contribution in [2.45, 2.75) is 6.92 Å². The van der Waals surface area contributed by atoms with Gasteiger partial charge in [-0.25, -0.2) is 4.79 Å². The van der Waals surface area contributed by atoms with E-state index < -0.39 is 0 Å². The lowest BCUT2D eigenvalue weighted by molar-refractivity contribution is 0.208. The molecule has 2 aromatic carbocycles. The average Bonchev–Trinajstić information content (AvgIpc) is 2.78. The third-order valence-corrected chi connectivity index (χ3v) is 5.53. The highest BCUT2D eigenvalue weighted by atomic mass is 35.5. The van der Waals surface area contributed by atoms with Gasteiger partial charge in [0.2, 0.25) is 0 Å². The fourth-order valence-electron chi connectivity index (χ4n) is 3.33. The van der Waals surface area contributed by atoms with Gasteiger partial charge in [-0.15, -0.1) is 10.2 Å². The summed E-state index contributed by atoms with van der Waals surface area (Å²) in [5, 5.41) is 12.3. The van der Waals surface area contributed by atoms with E-state index in [0.29, 0.717) is 31.2 Å². The molecule has 6 nitrogen and oxygen atoms in total. The lowest BCUT2D eigenvalue weighted by Crippen LogP contribution is -2.50. The monoisotopic (exact) mass is 407 g/mol. The van der Waals surface area contributed by atoms with Gasteiger partial charge in [0.05, 0.1) is 5.69 Å². The second kappa shape index (κ2) is 8.49. The first-order chi connectivity index (χ1) is 14.1. The Morgan fingerprint density at radius 3 is 2.38 bits per heavy atom. The van der Waals surface area contributed by atoms with Crippen LogP contribution in [0.4, 0.5) is 16.3 Å². The first kappa shape index (κ1) is 19.2. The number of hydrogen-bond acceptors (Lipinski definition) is 4. The van der Waals surface area contributed by atoms with Crippen LogP contribution in [-0.2, 0) is 0 Å².